The van der Waals surface area contributed by atoms with Crippen LogP contribution >= 0.6 is 27.3 Å². The average Bonchev–Trinajstić information content (AvgIpc) is 2.74. The summed E-state index contributed by atoms with van der Waals surface area (Å²) in [6.45, 7) is 6.15. The van der Waals surface area contributed by atoms with Crippen LogP contribution in [0.3, 0.4) is 0 Å². The lowest BCUT2D eigenvalue weighted by atomic mass is 10.2. The summed E-state index contributed by atoms with van der Waals surface area (Å²) in [5.41, 5.74) is 3.11. The van der Waals surface area contributed by atoms with Crippen LogP contribution in [0.15, 0.2) is 28.7 Å². The van der Waals surface area contributed by atoms with Gasteiger partial charge in [-0.1, -0.05) is 22.9 Å². The molecule has 1 aromatic heterocycles. The second-order valence-corrected chi connectivity index (χ2v) is 6.54. The summed E-state index contributed by atoms with van der Waals surface area (Å²) in [6, 6.07) is 7.80. The van der Waals surface area contributed by atoms with Gasteiger partial charge in [0.05, 0.1) is 4.88 Å². The monoisotopic (exact) mass is 337 g/mol. The molecule has 2 nitrogen and oxygen atoms in total. The minimum absolute atomic E-state index is 0.0294. The Balaban J connectivity index is 2.20. The number of nitrogens with one attached hydrogen (secondary N) is 1. The van der Waals surface area contributed by atoms with E-state index in [9.17, 15) is 4.79 Å². The highest BCUT2D eigenvalue weighted by molar-refractivity contribution is 9.10. The van der Waals surface area contributed by atoms with Gasteiger partial charge in [-0.05, 0) is 55.7 Å². The van der Waals surface area contributed by atoms with Crippen molar-refractivity contribution in [1.82, 2.24) is 0 Å². The van der Waals surface area contributed by atoms with E-state index < -0.39 is 0 Å². The SMILES string of the molecule is CCc1sc(C(=O)Nc2ccc(Br)cc2C)cc1C. The summed E-state index contributed by atoms with van der Waals surface area (Å²) in [7, 11) is 0. The summed E-state index contributed by atoms with van der Waals surface area (Å²) in [4.78, 5) is 14.3. The number of rotatable bonds is 3. The highest BCUT2D eigenvalue weighted by atomic mass is 79.9. The van der Waals surface area contributed by atoms with E-state index in [0.717, 1.165) is 27.0 Å². The van der Waals surface area contributed by atoms with Crippen LogP contribution in [-0.2, 0) is 6.42 Å². The summed E-state index contributed by atoms with van der Waals surface area (Å²) in [5.74, 6) is -0.0294. The molecule has 2 aromatic rings. The second kappa shape index (κ2) is 5.88. The van der Waals surface area contributed by atoms with Crippen LogP contribution in [0, 0.1) is 13.8 Å². The van der Waals surface area contributed by atoms with Crippen LogP contribution in [0.2, 0.25) is 0 Å². The number of carbonyl (C=O) groups is 1. The zero-order valence-corrected chi connectivity index (χ0v) is 13.6. The van der Waals surface area contributed by atoms with Crippen LogP contribution in [-0.4, -0.2) is 5.91 Å². The van der Waals surface area contributed by atoms with Gasteiger partial charge < -0.3 is 5.32 Å². The maximum atomic E-state index is 12.2. The Labute approximate surface area is 126 Å². The molecule has 1 amide bonds. The van der Waals surface area contributed by atoms with Gasteiger partial charge in [0.25, 0.3) is 5.91 Å². The van der Waals surface area contributed by atoms with E-state index in [4.69, 9.17) is 0 Å². The lowest BCUT2D eigenvalue weighted by Gasteiger charge is -2.07. The third kappa shape index (κ3) is 3.25. The number of anilines is 1. The summed E-state index contributed by atoms with van der Waals surface area (Å²) in [5, 5.41) is 2.97. The molecular weight excluding hydrogens is 322 g/mol. The summed E-state index contributed by atoms with van der Waals surface area (Å²) in [6.07, 6.45) is 0.973. The van der Waals surface area contributed by atoms with Gasteiger partial charge in [0.15, 0.2) is 0 Å². The lowest BCUT2D eigenvalue weighted by molar-refractivity contribution is 0.103. The molecule has 19 heavy (non-hydrogen) atoms. The normalized spacial score (nSPS) is 10.5. The lowest BCUT2D eigenvalue weighted by Crippen LogP contribution is -2.11. The van der Waals surface area contributed by atoms with Crippen molar-refractivity contribution in [2.45, 2.75) is 27.2 Å². The first kappa shape index (κ1) is 14.3. The standard InChI is InChI=1S/C15H16BrNOS/c1-4-13-10(3)8-14(19-13)15(18)17-12-6-5-11(16)7-9(12)2/h5-8H,4H2,1-3H3,(H,17,18). The van der Waals surface area contributed by atoms with Gasteiger partial charge in [0.2, 0.25) is 0 Å². The van der Waals surface area contributed by atoms with Gasteiger partial charge in [-0.3, -0.25) is 4.79 Å². The molecule has 0 saturated heterocycles. The van der Waals surface area contributed by atoms with Gasteiger partial charge in [-0.25, -0.2) is 0 Å². The zero-order chi connectivity index (χ0) is 14.0. The predicted molar refractivity (Wildman–Crippen MR) is 85.3 cm³/mol. The van der Waals surface area contributed by atoms with E-state index >= 15 is 0 Å². The number of carbonyl (C=O) groups excluding carboxylic acids is 1. The Bertz CT molecular complexity index is 619. The van der Waals surface area contributed by atoms with E-state index in [2.05, 4.69) is 35.1 Å². The fourth-order valence-electron chi connectivity index (χ4n) is 1.93. The minimum atomic E-state index is -0.0294. The third-order valence-electron chi connectivity index (χ3n) is 3.00. The van der Waals surface area contributed by atoms with Gasteiger partial charge in [0.1, 0.15) is 0 Å². The number of hydrogen-bond acceptors (Lipinski definition) is 2. The molecule has 0 aliphatic carbocycles. The number of thiophene rings is 1. The van der Waals surface area contributed by atoms with Crippen LogP contribution < -0.4 is 5.32 Å². The maximum absolute atomic E-state index is 12.2. The molecule has 0 fully saturated rings. The van der Waals surface area contributed by atoms with Gasteiger partial charge in [0, 0.05) is 15.0 Å². The Morgan fingerprint density at radius 1 is 1.26 bits per heavy atom. The Hall–Kier alpha value is -1.13. The molecule has 0 radical (unpaired) electrons. The van der Waals surface area contributed by atoms with Crippen LogP contribution in [0.25, 0.3) is 0 Å². The average molecular weight is 338 g/mol. The molecule has 0 aliphatic heterocycles. The van der Waals surface area contributed by atoms with Crippen molar-refractivity contribution in [2.24, 2.45) is 0 Å². The first-order valence-electron chi connectivity index (χ1n) is 6.18. The van der Waals surface area contributed by atoms with Crippen molar-refractivity contribution >= 4 is 38.9 Å². The first-order valence-corrected chi connectivity index (χ1v) is 7.79. The molecule has 100 valence electrons. The van der Waals surface area contributed by atoms with Crippen molar-refractivity contribution < 1.29 is 4.79 Å². The van der Waals surface area contributed by atoms with E-state index in [1.807, 2.05) is 31.2 Å². The molecule has 0 spiro atoms. The smallest absolute Gasteiger partial charge is 0.265 e. The van der Waals surface area contributed by atoms with Crippen LogP contribution in [0.5, 0.6) is 0 Å². The molecule has 0 atom stereocenters. The van der Waals surface area contributed by atoms with Gasteiger partial charge >= 0.3 is 0 Å². The quantitative estimate of drug-likeness (QED) is 0.844. The molecule has 1 N–H and O–H groups in total. The van der Waals surface area contributed by atoms with Crippen LogP contribution in [0.4, 0.5) is 5.69 Å². The number of benzene rings is 1. The van der Waals surface area contributed by atoms with E-state index in [-0.39, 0.29) is 5.91 Å². The highest BCUT2D eigenvalue weighted by Gasteiger charge is 2.12. The molecule has 4 heteroatoms. The Kier molecular flexibility index (Phi) is 4.42. The third-order valence-corrected chi connectivity index (χ3v) is 4.88. The summed E-state index contributed by atoms with van der Waals surface area (Å²) < 4.78 is 1.02. The van der Waals surface area contributed by atoms with Crippen molar-refractivity contribution in [1.29, 1.82) is 0 Å². The van der Waals surface area contributed by atoms with Crippen molar-refractivity contribution in [3.63, 3.8) is 0 Å². The van der Waals surface area contributed by atoms with E-state index in [1.165, 1.54) is 10.4 Å². The molecule has 1 aromatic carbocycles. The summed E-state index contributed by atoms with van der Waals surface area (Å²) >= 11 is 4.99. The zero-order valence-electron chi connectivity index (χ0n) is 11.2. The number of halogens is 1. The number of hydrogen-bond donors (Lipinski definition) is 1. The fourth-order valence-corrected chi connectivity index (χ4v) is 3.42. The molecule has 0 bridgehead atoms. The number of amides is 1. The first-order chi connectivity index (χ1) is 9.01. The van der Waals surface area contributed by atoms with Crippen molar-refractivity contribution in [3.05, 3.63) is 49.6 Å². The molecule has 0 saturated carbocycles. The minimum Gasteiger partial charge on any atom is -0.321 e. The van der Waals surface area contributed by atoms with Gasteiger partial charge in [-0.15, -0.1) is 11.3 Å². The highest BCUT2D eigenvalue weighted by Crippen LogP contribution is 2.25. The Morgan fingerprint density at radius 2 is 2.00 bits per heavy atom. The topological polar surface area (TPSA) is 29.1 Å². The largest absolute Gasteiger partial charge is 0.321 e. The van der Waals surface area contributed by atoms with Crippen LogP contribution in [0.1, 0.15) is 32.6 Å². The fraction of sp³-hybridized carbons (Fsp3) is 0.267. The second-order valence-electron chi connectivity index (χ2n) is 4.48. The molecule has 0 aliphatic rings. The van der Waals surface area contributed by atoms with Gasteiger partial charge in [-0.2, -0.15) is 0 Å². The number of aryl methyl sites for hydroxylation is 3. The Morgan fingerprint density at radius 3 is 2.58 bits per heavy atom. The molecule has 1 heterocycles. The molecule has 0 unspecified atom stereocenters. The van der Waals surface area contributed by atoms with Crippen molar-refractivity contribution in [2.75, 3.05) is 5.32 Å². The van der Waals surface area contributed by atoms with Crippen molar-refractivity contribution in [3.8, 4) is 0 Å². The maximum Gasteiger partial charge on any atom is 0.265 e. The van der Waals surface area contributed by atoms with E-state index in [1.54, 1.807) is 11.3 Å². The van der Waals surface area contributed by atoms with E-state index in [0.29, 0.717) is 0 Å². The molecule has 2 rings (SSSR count). The predicted octanol–water partition coefficient (Wildman–Crippen LogP) is 4.94. The molecular formula is C15H16BrNOS.